The Morgan fingerprint density at radius 1 is 0.750 bits per heavy atom. The zero-order chi connectivity index (χ0) is 22.6. The summed E-state index contributed by atoms with van der Waals surface area (Å²) in [5, 5.41) is 5.78. The first-order valence-corrected chi connectivity index (χ1v) is 11.0. The molecule has 166 valence electrons. The monoisotopic (exact) mass is 430 g/mol. The van der Waals surface area contributed by atoms with Gasteiger partial charge in [-0.3, -0.25) is 4.79 Å². The zero-order valence-corrected chi connectivity index (χ0v) is 18.4. The molecule has 2 atom stereocenters. The number of amides is 2. The van der Waals surface area contributed by atoms with Crippen LogP contribution in [0.3, 0.4) is 0 Å². The molecule has 2 amide bonds. The van der Waals surface area contributed by atoms with E-state index in [4.69, 9.17) is 4.74 Å². The van der Waals surface area contributed by atoms with Crippen LogP contribution in [0, 0.1) is 0 Å². The van der Waals surface area contributed by atoms with Gasteiger partial charge in [0, 0.05) is 12.5 Å². The summed E-state index contributed by atoms with van der Waals surface area (Å²) in [5.41, 5.74) is 3.09. The van der Waals surface area contributed by atoms with Crippen LogP contribution in [0.4, 0.5) is 4.79 Å². The van der Waals surface area contributed by atoms with Gasteiger partial charge in [0.1, 0.15) is 12.6 Å². The van der Waals surface area contributed by atoms with Crippen molar-refractivity contribution in [2.75, 3.05) is 0 Å². The van der Waals surface area contributed by atoms with E-state index < -0.39 is 12.1 Å². The minimum atomic E-state index is -0.722. The maximum absolute atomic E-state index is 13.0. The van der Waals surface area contributed by atoms with Crippen molar-refractivity contribution in [2.45, 2.75) is 44.9 Å². The summed E-state index contributed by atoms with van der Waals surface area (Å²) >= 11 is 0. The highest BCUT2D eigenvalue weighted by molar-refractivity contribution is 5.86. The van der Waals surface area contributed by atoms with Gasteiger partial charge in [0.05, 0.1) is 0 Å². The van der Waals surface area contributed by atoms with Gasteiger partial charge in [-0.1, -0.05) is 91.0 Å². The Bertz CT molecular complexity index is 962. The zero-order valence-electron chi connectivity index (χ0n) is 18.4. The standard InChI is InChI=1S/C27H30N2O3/c1-21(17-18-22-11-5-2-6-12-22)28-26(30)25(19-23-13-7-3-8-14-23)29-27(31)32-20-24-15-9-4-10-16-24/h2-16,21,25H,17-20H2,1H3,(H,28,30)(H,29,31)/t21-,25+/m1/s1. The molecule has 0 saturated carbocycles. The van der Waals surface area contributed by atoms with Gasteiger partial charge in [0.15, 0.2) is 0 Å². The summed E-state index contributed by atoms with van der Waals surface area (Å²) in [4.78, 5) is 25.4. The van der Waals surface area contributed by atoms with Crippen LogP contribution in [0.2, 0.25) is 0 Å². The normalized spacial score (nSPS) is 12.4. The highest BCUT2D eigenvalue weighted by Crippen LogP contribution is 2.08. The molecule has 2 N–H and O–H groups in total. The van der Waals surface area contributed by atoms with Gasteiger partial charge < -0.3 is 15.4 Å². The summed E-state index contributed by atoms with van der Waals surface area (Å²) in [5.74, 6) is -0.217. The third kappa shape index (κ3) is 7.91. The van der Waals surface area contributed by atoms with Crippen LogP contribution in [0.15, 0.2) is 91.0 Å². The second-order valence-corrected chi connectivity index (χ2v) is 7.88. The van der Waals surface area contributed by atoms with Gasteiger partial charge in [-0.25, -0.2) is 4.79 Å². The molecule has 0 fully saturated rings. The Kier molecular flexibility index (Phi) is 8.87. The van der Waals surface area contributed by atoms with Crippen molar-refractivity contribution in [2.24, 2.45) is 0 Å². The van der Waals surface area contributed by atoms with E-state index in [0.29, 0.717) is 6.42 Å². The fourth-order valence-electron chi connectivity index (χ4n) is 3.41. The maximum Gasteiger partial charge on any atom is 0.408 e. The molecule has 5 heteroatoms. The van der Waals surface area contributed by atoms with Crippen LogP contribution in [-0.2, 0) is 29.0 Å². The topological polar surface area (TPSA) is 67.4 Å². The molecule has 0 aliphatic heterocycles. The van der Waals surface area contributed by atoms with Gasteiger partial charge in [-0.2, -0.15) is 0 Å². The minimum Gasteiger partial charge on any atom is -0.445 e. The summed E-state index contributed by atoms with van der Waals surface area (Å²) in [6, 6.07) is 28.5. The molecule has 0 aliphatic rings. The quantitative estimate of drug-likeness (QED) is 0.492. The number of benzene rings is 3. The largest absolute Gasteiger partial charge is 0.445 e. The molecule has 0 unspecified atom stereocenters. The number of rotatable bonds is 10. The van der Waals surface area contributed by atoms with Crippen molar-refractivity contribution in [1.29, 1.82) is 0 Å². The number of hydrogen-bond acceptors (Lipinski definition) is 3. The van der Waals surface area contributed by atoms with Crippen LogP contribution >= 0.6 is 0 Å². The van der Waals surface area contributed by atoms with Gasteiger partial charge >= 0.3 is 6.09 Å². The highest BCUT2D eigenvalue weighted by Gasteiger charge is 2.23. The summed E-state index contributed by atoms with van der Waals surface area (Å²) in [6.45, 7) is 2.13. The van der Waals surface area contributed by atoms with E-state index in [-0.39, 0.29) is 18.6 Å². The lowest BCUT2D eigenvalue weighted by atomic mass is 10.0. The molecule has 3 aromatic rings. The average Bonchev–Trinajstić information content (AvgIpc) is 2.83. The Balaban J connectivity index is 1.56. The van der Waals surface area contributed by atoms with Gasteiger partial charge in [0.2, 0.25) is 5.91 Å². The lowest BCUT2D eigenvalue weighted by molar-refractivity contribution is -0.123. The number of carbonyl (C=O) groups excluding carboxylic acids is 2. The van der Waals surface area contributed by atoms with E-state index in [2.05, 4.69) is 22.8 Å². The third-order valence-corrected chi connectivity index (χ3v) is 5.20. The second kappa shape index (κ2) is 12.3. The predicted molar refractivity (Wildman–Crippen MR) is 126 cm³/mol. The fraction of sp³-hybridized carbons (Fsp3) is 0.259. The number of aryl methyl sites for hydroxylation is 1. The molecular weight excluding hydrogens is 400 g/mol. The number of hydrogen-bond donors (Lipinski definition) is 2. The van der Waals surface area contributed by atoms with Crippen molar-refractivity contribution in [1.82, 2.24) is 10.6 Å². The van der Waals surface area contributed by atoms with Crippen molar-refractivity contribution < 1.29 is 14.3 Å². The van der Waals surface area contributed by atoms with Crippen LogP contribution in [0.25, 0.3) is 0 Å². The maximum atomic E-state index is 13.0. The molecule has 5 nitrogen and oxygen atoms in total. The lowest BCUT2D eigenvalue weighted by Crippen LogP contribution is -2.50. The van der Waals surface area contributed by atoms with E-state index in [1.807, 2.05) is 85.8 Å². The van der Waals surface area contributed by atoms with E-state index in [1.54, 1.807) is 0 Å². The number of ether oxygens (including phenoxy) is 1. The molecule has 0 bridgehead atoms. The number of carbonyl (C=O) groups is 2. The first-order valence-electron chi connectivity index (χ1n) is 11.0. The third-order valence-electron chi connectivity index (χ3n) is 5.20. The summed E-state index contributed by atoms with van der Waals surface area (Å²) in [7, 11) is 0. The molecule has 0 spiro atoms. The van der Waals surface area contributed by atoms with Crippen molar-refractivity contribution in [3.63, 3.8) is 0 Å². The molecule has 0 aliphatic carbocycles. The molecule has 3 aromatic carbocycles. The van der Waals surface area contributed by atoms with E-state index in [9.17, 15) is 9.59 Å². The Morgan fingerprint density at radius 2 is 1.28 bits per heavy atom. The van der Waals surface area contributed by atoms with E-state index >= 15 is 0 Å². The molecule has 0 heterocycles. The van der Waals surface area contributed by atoms with Crippen LogP contribution in [0.5, 0.6) is 0 Å². The summed E-state index contributed by atoms with van der Waals surface area (Å²) in [6.07, 6.45) is 1.46. The van der Waals surface area contributed by atoms with Gasteiger partial charge in [-0.05, 0) is 36.5 Å². The summed E-state index contributed by atoms with van der Waals surface area (Å²) < 4.78 is 5.33. The molecule has 32 heavy (non-hydrogen) atoms. The van der Waals surface area contributed by atoms with Crippen molar-refractivity contribution >= 4 is 12.0 Å². The smallest absolute Gasteiger partial charge is 0.408 e. The van der Waals surface area contributed by atoms with E-state index in [0.717, 1.165) is 24.0 Å². The first-order chi connectivity index (χ1) is 15.6. The molecule has 0 radical (unpaired) electrons. The average molecular weight is 431 g/mol. The Labute approximate surface area is 189 Å². The predicted octanol–water partition coefficient (Wildman–Crippen LogP) is 4.66. The Morgan fingerprint density at radius 3 is 1.88 bits per heavy atom. The van der Waals surface area contributed by atoms with Gasteiger partial charge in [0.25, 0.3) is 0 Å². The number of nitrogens with one attached hydrogen (secondary N) is 2. The number of alkyl carbamates (subject to hydrolysis) is 1. The second-order valence-electron chi connectivity index (χ2n) is 7.88. The van der Waals surface area contributed by atoms with Crippen LogP contribution < -0.4 is 10.6 Å². The molecular formula is C27H30N2O3. The molecule has 0 saturated heterocycles. The lowest BCUT2D eigenvalue weighted by Gasteiger charge is -2.21. The SMILES string of the molecule is C[C@H](CCc1ccccc1)NC(=O)[C@H](Cc1ccccc1)NC(=O)OCc1ccccc1. The van der Waals surface area contributed by atoms with Crippen LogP contribution in [-0.4, -0.2) is 24.1 Å². The fourth-order valence-corrected chi connectivity index (χ4v) is 3.41. The molecule has 0 aromatic heterocycles. The van der Waals surface area contributed by atoms with Crippen molar-refractivity contribution in [3.8, 4) is 0 Å². The van der Waals surface area contributed by atoms with Crippen LogP contribution in [0.1, 0.15) is 30.0 Å². The van der Waals surface area contributed by atoms with Gasteiger partial charge in [-0.15, -0.1) is 0 Å². The van der Waals surface area contributed by atoms with E-state index in [1.165, 1.54) is 5.56 Å². The minimum absolute atomic E-state index is 0.0249. The molecule has 3 rings (SSSR count). The van der Waals surface area contributed by atoms with Crippen molar-refractivity contribution in [3.05, 3.63) is 108 Å². The highest BCUT2D eigenvalue weighted by atomic mass is 16.5. The first kappa shape index (κ1) is 23.1. The Hall–Kier alpha value is -3.60.